The van der Waals surface area contributed by atoms with Crippen molar-refractivity contribution in [3.63, 3.8) is 0 Å². The quantitative estimate of drug-likeness (QED) is 0.678. The van der Waals surface area contributed by atoms with E-state index in [4.69, 9.17) is 16.0 Å². The van der Waals surface area contributed by atoms with Crippen molar-refractivity contribution in [3.8, 4) is 5.75 Å². The molecule has 17 heavy (non-hydrogen) atoms. The number of methoxy groups -OCH3 is 1. The summed E-state index contributed by atoms with van der Waals surface area (Å²) in [6.45, 7) is 0.991. The van der Waals surface area contributed by atoms with Gasteiger partial charge in [-0.2, -0.15) is 0 Å². The average Bonchev–Trinajstić information content (AvgIpc) is 2.65. The Labute approximate surface area is 108 Å². The van der Waals surface area contributed by atoms with Crippen molar-refractivity contribution in [3.05, 3.63) is 34.6 Å². The van der Waals surface area contributed by atoms with Crippen molar-refractivity contribution >= 4 is 23.4 Å². The Hall–Kier alpha value is -0.520. The van der Waals surface area contributed by atoms with E-state index in [1.807, 2.05) is 0 Å². The number of aryl methyl sites for hydroxylation is 1. The van der Waals surface area contributed by atoms with Gasteiger partial charge in [-0.3, -0.25) is 0 Å². The molecule has 90 valence electrons. The molecule has 1 nitrogen and oxygen atoms in total. The second-order valence-corrected chi connectivity index (χ2v) is 10.4. The number of benzene rings is 1. The molecule has 1 unspecified atom stereocenters. The fourth-order valence-corrected chi connectivity index (χ4v) is 6.11. The van der Waals surface area contributed by atoms with Crippen LogP contribution in [0.15, 0.2) is 23.5 Å². The third kappa shape index (κ3) is 1.80. The first-order valence-electron chi connectivity index (χ1n) is 6.07. The van der Waals surface area contributed by atoms with Gasteiger partial charge in [0.25, 0.3) is 0 Å². The Bertz CT molecular complexity index is 505. The Morgan fingerprint density at radius 1 is 1.24 bits per heavy atom. The van der Waals surface area contributed by atoms with Crippen LogP contribution < -0.4 is 4.74 Å². The van der Waals surface area contributed by atoms with Gasteiger partial charge in [-0.25, -0.2) is 0 Å². The maximum absolute atomic E-state index is 6.69. The molecule has 1 heterocycles. The monoisotopic (exact) mass is 267 g/mol. The minimum Gasteiger partial charge on any atom is -0.497 e. The van der Waals surface area contributed by atoms with Gasteiger partial charge in [0, 0.05) is 18.4 Å². The summed E-state index contributed by atoms with van der Waals surface area (Å²) in [5.74, 6) is 0.967. The number of ether oxygens (including phenoxy) is 1. The van der Waals surface area contributed by atoms with Crippen LogP contribution in [0, 0.1) is 0 Å². The van der Waals surface area contributed by atoms with Crippen molar-refractivity contribution in [2.75, 3.05) is 19.9 Å². The summed E-state index contributed by atoms with van der Waals surface area (Å²) in [6, 6.07) is 6.46. The number of hydrogen-bond acceptors (Lipinski definition) is 1. The largest absolute Gasteiger partial charge is 0.497 e. The summed E-state index contributed by atoms with van der Waals surface area (Å²) in [7, 11) is 1.73. The number of fused-ring (bicyclic) bond motifs is 2. The maximum Gasteiger partial charge on any atom is 0.139 e. The first kappa shape index (κ1) is 11.6. The van der Waals surface area contributed by atoms with Crippen molar-refractivity contribution in [2.24, 2.45) is 0 Å². The highest BCUT2D eigenvalue weighted by molar-refractivity contribution is 8.02. The molecule has 0 bridgehead atoms. The molecule has 0 spiro atoms. The van der Waals surface area contributed by atoms with Crippen LogP contribution in [-0.4, -0.2) is 19.9 Å². The second-order valence-electron chi connectivity index (χ2n) is 4.99. The van der Waals surface area contributed by atoms with Crippen LogP contribution in [0.5, 0.6) is 5.75 Å². The number of allylic oxidation sites excluding steroid dienone is 2. The normalized spacial score (nSPS) is 26.8. The van der Waals surface area contributed by atoms with E-state index in [0.29, 0.717) is 0 Å². The molecular weight excluding hydrogens is 251 g/mol. The van der Waals surface area contributed by atoms with Crippen LogP contribution in [0.3, 0.4) is 0 Å². The Morgan fingerprint density at radius 2 is 2.06 bits per heavy atom. The molecule has 0 fully saturated rings. The molecular formula is C14H17ClOP+. The van der Waals surface area contributed by atoms with Crippen LogP contribution in [-0.2, 0) is 6.42 Å². The summed E-state index contributed by atoms with van der Waals surface area (Å²) < 4.78 is 5.30. The number of halogens is 1. The van der Waals surface area contributed by atoms with Gasteiger partial charge in [-0.05, 0) is 29.7 Å². The zero-order valence-corrected chi connectivity index (χ0v) is 11.9. The maximum atomic E-state index is 6.69. The van der Waals surface area contributed by atoms with Gasteiger partial charge in [-0.15, -0.1) is 0 Å². The van der Waals surface area contributed by atoms with E-state index >= 15 is 0 Å². The summed E-state index contributed by atoms with van der Waals surface area (Å²) in [6.07, 6.45) is 4.63. The predicted octanol–water partition coefficient (Wildman–Crippen LogP) is 4.56. The molecule has 1 aliphatic carbocycles. The van der Waals surface area contributed by atoms with Crippen molar-refractivity contribution in [1.29, 1.82) is 0 Å². The van der Waals surface area contributed by atoms with E-state index in [-0.39, 0.29) is 0 Å². The average molecular weight is 268 g/mol. The van der Waals surface area contributed by atoms with Crippen LogP contribution >= 0.6 is 17.9 Å². The van der Waals surface area contributed by atoms with Gasteiger partial charge in [-0.1, -0.05) is 6.07 Å². The van der Waals surface area contributed by atoms with Gasteiger partial charge < -0.3 is 4.74 Å². The second kappa shape index (κ2) is 4.00. The molecule has 0 amide bonds. The standard InChI is InChI=1S/C14H17ClOP/c1-16-11-4-5-12-10(9-11)3-6-14-13(12)7-8-17(14,2)15/h4-5,9H,3,6-8H2,1-2H3/q+1. The Morgan fingerprint density at radius 3 is 2.82 bits per heavy atom. The van der Waals surface area contributed by atoms with E-state index in [2.05, 4.69) is 24.9 Å². The first-order valence-corrected chi connectivity index (χ1v) is 9.39. The van der Waals surface area contributed by atoms with Crippen molar-refractivity contribution in [2.45, 2.75) is 19.3 Å². The lowest BCUT2D eigenvalue weighted by Crippen LogP contribution is -2.02. The van der Waals surface area contributed by atoms with Crippen LogP contribution in [0.25, 0.3) is 5.57 Å². The zero-order chi connectivity index (χ0) is 12.0. The van der Waals surface area contributed by atoms with E-state index in [9.17, 15) is 0 Å². The minimum atomic E-state index is -1.28. The fourth-order valence-electron chi connectivity index (χ4n) is 3.01. The van der Waals surface area contributed by atoms with Crippen molar-refractivity contribution < 1.29 is 4.74 Å². The van der Waals surface area contributed by atoms with Gasteiger partial charge in [0.2, 0.25) is 0 Å². The molecule has 1 aromatic carbocycles. The minimum absolute atomic E-state index is 0.967. The highest BCUT2D eigenvalue weighted by Crippen LogP contribution is 2.75. The lowest BCUT2D eigenvalue weighted by atomic mass is 9.89. The molecule has 3 rings (SSSR count). The van der Waals surface area contributed by atoms with Crippen LogP contribution in [0.2, 0.25) is 0 Å². The molecule has 1 atom stereocenters. The third-order valence-corrected chi connectivity index (χ3v) is 7.76. The first-order chi connectivity index (χ1) is 8.12. The van der Waals surface area contributed by atoms with E-state index in [1.54, 1.807) is 18.0 Å². The van der Waals surface area contributed by atoms with Crippen LogP contribution in [0.1, 0.15) is 24.0 Å². The van der Waals surface area contributed by atoms with Gasteiger partial charge >= 0.3 is 0 Å². The Balaban J connectivity index is 2.10. The van der Waals surface area contributed by atoms with Crippen molar-refractivity contribution in [1.82, 2.24) is 0 Å². The molecule has 2 aliphatic rings. The zero-order valence-electron chi connectivity index (χ0n) is 10.3. The number of rotatable bonds is 1. The molecule has 0 aromatic heterocycles. The topological polar surface area (TPSA) is 9.23 Å². The van der Waals surface area contributed by atoms with E-state index < -0.39 is 6.62 Å². The molecule has 0 radical (unpaired) electrons. The molecule has 1 aliphatic heterocycles. The Kier molecular flexibility index (Phi) is 2.72. The van der Waals surface area contributed by atoms with Gasteiger partial charge in [0.05, 0.1) is 36.5 Å². The summed E-state index contributed by atoms with van der Waals surface area (Å²) in [5, 5.41) is 1.58. The highest BCUT2D eigenvalue weighted by Gasteiger charge is 2.45. The van der Waals surface area contributed by atoms with E-state index in [0.717, 1.165) is 18.6 Å². The van der Waals surface area contributed by atoms with Gasteiger partial charge in [0.1, 0.15) is 12.4 Å². The highest BCUT2D eigenvalue weighted by atomic mass is 35.7. The molecule has 0 saturated heterocycles. The summed E-state index contributed by atoms with van der Waals surface area (Å²) in [4.78, 5) is 0. The predicted molar refractivity (Wildman–Crippen MR) is 76.4 cm³/mol. The molecule has 3 heteroatoms. The smallest absolute Gasteiger partial charge is 0.139 e. The SMILES string of the molecule is COc1ccc2c(c1)CCC1=C2CC[P+]1(C)Cl. The van der Waals surface area contributed by atoms with Crippen LogP contribution in [0.4, 0.5) is 0 Å². The fraction of sp³-hybridized carbons (Fsp3) is 0.429. The molecule has 0 saturated carbocycles. The van der Waals surface area contributed by atoms with Gasteiger partial charge in [0.15, 0.2) is 0 Å². The molecule has 0 N–H and O–H groups in total. The van der Waals surface area contributed by atoms with E-state index in [1.165, 1.54) is 23.7 Å². The number of hydrogen-bond donors (Lipinski definition) is 0. The molecule has 1 aromatic rings. The lowest BCUT2D eigenvalue weighted by molar-refractivity contribution is 0.414. The summed E-state index contributed by atoms with van der Waals surface area (Å²) in [5.41, 5.74) is 4.40. The third-order valence-electron chi connectivity index (χ3n) is 3.96. The summed E-state index contributed by atoms with van der Waals surface area (Å²) >= 11 is 6.69. The lowest BCUT2D eigenvalue weighted by Gasteiger charge is -2.19.